The van der Waals surface area contributed by atoms with Crippen LogP contribution in [0.3, 0.4) is 0 Å². The lowest BCUT2D eigenvalue weighted by molar-refractivity contribution is -0.386. The van der Waals surface area contributed by atoms with E-state index in [0.717, 1.165) is 5.56 Å². The van der Waals surface area contributed by atoms with Gasteiger partial charge >= 0.3 is 5.69 Å². The van der Waals surface area contributed by atoms with Crippen molar-refractivity contribution in [1.82, 2.24) is 0 Å². The first-order valence-corrected chi connectivity index (χ1v) is 5.86. The maximum absolute atomic E-state index is 10.9. The number of unbranched alkanes of at least 4 members (excludes halogenated alkanes) is 1. The molecule has 0 aliphatic heterocycles. The first kappa shape index (κ1) is 13.5. The average Bonchev–Trinajstić information content (AvgIpc) is 2.25. The van der Waals surface area contributed by atoms with Crippen LogP contribution in [-0.2, 0) is 0 Å². The molecule has 0 spiro atoms. The quantitative estimate of drug-likeness (QED) is 0.362. The van der Waals surface area contributed by atoms with Crippen molar-refractivity contribution in [2.75, 3.05) is 6.61 Å². The fraction of sp³-hybridized carbons (Fsp3) is 0.333. The SMILES string of the molecule is C#CCCCOc1c(C)cc(Br)cc1[N+](=O)[O-]. The Labute approximate surface area is 108 Å². The summed E-state index contributed by atoms with van der Waals surface area (Å²) in [6, 6.07) is 3.22. The Morgan fingerprint density at radius 3 is 2.88 bits per heavy atom. The standard InChI is InChI=1S/C12H12BrNO3/c1-3-4-5-6-17-12-9(2)7-10(13)8-11(12)14(15)16/h1,7-8H,4-6H2,2H3. The third kappa shape index (κ3) is 3.75. The summed E-state index contributed by atoms with van der Waals surface area (Å²) in [6.45, 7) is 2.15. The van der Waals surface area contributed by atoms with Gasteiger partial charge in [0.1, 0.15) is 0 Å². The van der Waals surface area contributed by atoms with E-state index in [9.17, 15) is 10.1 Å². The van der Waals surface area contributed by atoms with Crippen molar-refractivity contribution in [3.8, 4) is 18.1 Å². The van der Waals surface area contributed by atoms with Crippen LogP contribution in [0.25, 0.3) is 0 Å². The number of nitro benzene ring substituents is 1. The summed E-state index contributed by atoms with van der Waals surface area (Å²) in [5.74, 6) is 2.81. The number of nitrogens with zero attached hydrogens (tertiary/aromatic N) is 1. The minimum atomic E-state index is -0.450. The molecule has 4 nitrogen and oxygen atoms in total. The molecule has 17 heavy (non-hydrogen) atoms. The molecule has 0 saturated carbocycles. The fourth-order valence-corrected chi connectivity index (χ4v) is 1.94. The topological polar surface area (TPSA) is 52.4 Å². The molecule has 0 bridgehead atoms. The maximum atomic E-state index is 10.9. The van der Waals surface area contributed by atoms with Crippen LogP contribution in [0.1, 0.15) is 18.4 Å². The van der Waals surface area contributed by atoms with Gasteiger partial charge in [-0.2, -0.15) is 0 Å². The van der Waals surface area contributed by atoms with Crippen molar-refractivity contribution in [3.05, 3.63) is 32.3 Å². The van der Waals surface area contributed by atoms with Gasteiger partial charge in [-0.15, -0.1) is 12.3 Å². The lowest BCUT2D eigenvalue weighted by Gasteiger charge is -2.09. The van der Waals surface area contributed by atoms with E-state index in [1.807, 2.05) is 0 Å². The smallest absolute Gasteiger partial charge is 0.312 e. The molecular formula is C12H12BrNO3. The van der Waals surface area contributed by atoms with E-state index in [1.165, 1.54) is 6.07 Å². The lowest BCUT2D eigenvalue weighted by Crippen LogP contribution is -2.02. The Kier molecular flexibility index (Phi) is 4.98. The number of hydrogen-bond donors (Lipinski definition) is 0. The van der Waals surface area contributed by atoms with Crippen LogP contribution in [-0.4, -0.2) is 11.5 Å². The van der Waals surface area contributed by atoms with Crippen molar-refractivity contribution in [3.63, 3.8) is 0 Å². The fourth-order valence-electron chi connectivity index (χ4n) is 1.38. The molecule has 1 aromatic carbocycles. The van der Waals surface area contributed by atoms with Gasteiger partial charge in [0.15, 0.2) is 5.75 Å². The third-order valence-corrected chi connectivity index (χ3v) is 2.59. The van der Waals surface area contributed by atoms with Crippen molar-refractivity contribution >= 4 is 21.6 Å². The van der Waals surface area contributed by atoms with Crippen molar-refractivity contribution in [1.29, 1.82) is 0 Å². The molecule has 90 valence electrons. The molecule has 5 heteroatoms. The number of hydrogen-bond acceptors (Lipinski definition) is 3. The van der Waals surface area contributed by atoms with Crippen LogP contribution in [0.15, 0.2) is 16.6 Å². The van der Waals surface area contributed by atoms with Crippen LogP contribution < -0.4 is 4.74 Å². The monoisotopic (exact) mass is 297 g/mol. The summed E-state index contributed by atoms with van der Waals surface area (Å²) in [5.41, 5.74) is 0.698. The van der Waals surface area contributed by atoms with Gasteiger partial charge in [-0.1, -0.05) is 15.9 Å². The highest BCUT2D eigenvalue weighted by Crippen LogP contribution is 2.34. The average molecular weight is 298 g/mol. The van der Waals surface area contributed by atoms with Crippen LogP contribution >= 0.6 is 15.9 Å². The number of nitro groups is 1. The molecule has 0 aromatic heterocycles. The number of ether oxygens (including phenoxy) is 1. The van der Waals surface area contributed by atoms with E-state index in [0.29, 0.717) is 29.7 Å². The van der Waals surface area contributed by atoms with Gasteiger partial charge < -0.3 is 4.74 Å². The number of benzene rings is 1. The first-order valence-electron chi connectivity index (χ1n) is 5.07. The molecule has 0 saturated heterocycles. The van der Waals surface area contributed by atoms with Gasteiger partial charge in [0.05, 0.1) is 11.5 Å². The predicted molar refractivity (Wildman–Crippen MR) is 69.1 cm³/mol. The van der Waals surface area contributed by atoms with Crippen LogP contribution in [0.2, 0.25) is 0 Å². The Morgan fingerprint density at radius 2 is 2.29 bits per heavy atom. The van der Waals surface area contributed by atoms with Crippen LogP contribution in [0.5, 0.6) is 5.75 Å². The summed E-state index contributed by atoms with van der Waals surface area (Å²) < 4.78 is 6.09. The number of aryl methyl sites for hydroxylation is 1. The number of rotatable bonds is 5. The minimum Gasteiger partial charge on any atom is -0.487 e. The maximum Gasteiger partial charge on any atom is 0.312 e. The van der Waals surface area contributed by atoms with Gasteiger partial charge in [-0.25, -0.2) is 0 Å². The molecule has 1 rings (SSSR count). The zero-order valence-electron chi connectivity index (χ0n) is 9.40. The minimum absolute atomic E-state index is 0.0300. The van der Waals surface area contributed by atoms with Gasteiger partial charge in [0, 0.05) is 17.0 Å². The van der Waals surface area contributed by atoms with E-state index in [4.69, 9.17) is 11.2 Å². The van der Waals surface area contributed by atoms with Gasteiger partial charge in [-0.05, 0) is 25.0 Å². The molecule has 0 amide bonds. The predicted octanol–water partition coefficient (Wildman–Crippen LogP) is 3.46. The second-order valence-electron chi connectivity index (χ2n) is 3.48. The van der Waals surface area contributed by atoms with Crippen molar-refractivity contribution in [2.24, 2.45) is 0 Å². The highest BCUT2D eigenvalue weighted by Gasteiger charge is 2.18. The highest BCUT2D eigenvalue weighted by atomic mass is 79.9. The van der Waals surface area contributed by atoms with Gasteiger partial charge in [0.2, 0.25) is 0 Å². The molecule has 0 atom stereocenters. The Morgan fingerprint density at radius 1 is 1.59 bits per heavy atom. The molecule has 0 N–H and O–H groups in total. The number of terminal acetylenes is 1. The molecule has 0 heterocycles. The van der Waals surface area contributed by atoms with E-state index >= 15 is 0 Å². The van der Waals surface area contributed by atoms with E-state index < -0.39 is 4.92 Å². The Hall–Kier alpha value is -1.54. The summed E-state index contributed by atoms with van der Waals surface area (Å²) >= 11 is 3.22. The Bertz CT molecular complexity index is 466. The van der Waals surface area contributed by atoms with Crippen molar-refractivity contribution in [2.45, 2.75) is 19.8 Å². The van der Waals surface area contributed by atoms with Crippen LogP contribution in [0, 0.1) is 29.4 Å². The largest absolute Gasteiger partial charge is 0.487 e. The first-order chi connectivity index (χ1) is 8.06. The lowest BCUT2D eigenvalue weighted by atomic mass is 10.2. The molecule has 0 aliphatic rings. The number of halogens is 1. The zero-order valence-corrected chi connectivity index (χ0v) is 11.0. The van der Waals surface area contributed by atoms with E-state index in [2.05, 4.69) is 21.9 Å². The van der Waals surface area contributed by atoms with Gasteiger partial charge in [-0.3, -0.25) is 10.1 Å². The Balaban J connectivity index is 2.89. The molecular weight excluding hydrogens is 286 g/mol. The zero-order chi connectivity index (χ0) is 12.8. The molecule has 0 aliphatic carbocycles. The second kappa shape index (κ2) is 6.26. The summed E-state index contributed by atoms with van der Waals surface area (Å²) in [6.07, 6.45) is 6.40. The summed E-state index contributed by atoms with van der Waals surface area (Å²) in [4.78, 5) is 10.4. The highest BCUT2D eigenvalue weighted by molar-refractivity contribution is 9.10. The summed E-state index contributed by atoms with van der Waals surface area (Å²) in [5, 5.41) is 10.9. The van der Waals surface area contributed by atoms with Crippen molar-refractivity contribution < 1.29 is 9.66 Å². The van der Waals surface area contributed by atoms with E-state index in [-0.39, 0.29) is 5.69 Å². The third-order valence-electron chi connectivity index (χ3n) is 2.13. The second-order valence-corrected chi connectivity index (χ2v) is 4.40. The molecule has 0 fully saturated rings. The van der Waals surface area contributed by atoms with Crippen LogP contribution in [0.4, 0.5) is 5.69 Å². The summed E-state index contributed by atoms with van der Waals surface area (Å²) in [7, 11) is 0. The molecule has 0 unspecified atom stereocenters. The molecule has 0 radical (unpaired) electrons. The molecule has 1 aromatic rings. The van der Waals surface area contributed by atoms with E-state index in [1.54, 1.807) is 13.0 Å². The normalized spacial score (nSPS) is 9.71. The van der Waals surface area contributed by atoms with Gasteiger partial charge in [0.25, 0.3) is 0 Å².